The average molecular weight is 530 g/mol. The van der Waals surface area contributed by atoms with Crippen molar-refractivity contribution in [2.45, 2.75) is 63.9 Å². The van der Waals surface area contributed by atoms with Crippen LogP contribution in [0.1, 0.15) is 82.6 Å². The van der Waals surface area contributed by atoms with Gasteiger partial charge in [-0.2, -0.15) is 4.68 Å². The molecule has 0 radical (unpaired) electrons. The third kappa shape index (κ3) is 5.76. The molecule has 0 aliphatic heterocycles. The van der Waals surface area contributed by atoms with Crippen molar-refractivity contribution in [3.8, 4) is 11.6 Å². The second-order valence-corrected chi connectivity index (χ2v) is 9.64. The van der Waals surface area contributed by atoms with Gasteiger partial charge in [-0.05, 0) is 69.2 Å². The molecule has 2 aromatic heterocycles. The number of benzene rings is 1. The second-order valence-electron chi connectivity index (χ2n) is 9.64. The van der Waals surface area contributed by atoms with E-state index >= 15 is 0 Å². The van der Waals surface area contributed by atoms with E-state index in [-0.39, 0.29) is 29.1 Å². The van der Waals surface area contributed by atoms with Gasteiger partial charge in [-0.15, -0.1) is 18.3 Å². The maximum atomic E-state index is 13.1. The highest BCUT2D eigenvalue weighted by Crippen LogP contribution is 2.42. The molecule has 2 saturated carbocycles. The molecule has 1 unspecified atom stereocenters. The minimum atomic E-state index is -4.87. The fraction of sp³-hybridized carbons (Fsp3) is 0.440. The van der Waals surface area contributed by atoms with Crippen molar-refractivity contribution in [3.63, 3.8) is 0 Å². The first-order valence-corrected chi connectivity index (χ1v) is 12.2. The number of carbonyl (C=O) groups excluding carboxylic acids is 2. The lowest BCUT2D eigenvalue weighted by Gasteiger charge is -2.17. The van der Waals surface area contributed by atoms with Gasteiger partial charge in [-0.1, -0.05) is 0 Å². The van der Waals surface area contributed by atoms with Crippen LogP contribution in [-0.4, -0.2) is 60.9 Å². The van der Waals surface area contributed by atoms with E-state index in [1.54, 1.807) is 31.9 Å². The maximum absolute atomic E-state index is 13.1. The Bertz CT molecular complexity index is 1370. The van der Waals surface area contributed by atoms with E-state index in [4.69, 9.17) is 0 Å². The highest BCUT2D eigenvalue weighted by Gasteiger charge is 2.33. The number of rotatable bonds is 8. The molecule has 1 N–H and O–H groups in total. The van der Waals surface area contributed by atoms with Crippen molar-refractivity contribution < 1.29 is 27.5 Å². The van der Waals surface area contributed by atoms with Gasteiger partial charge in [-0.25, -0.2) is 15.0 Å². The van der Waals surface area contributed by atoms with E-state index in [0.717, 1.165) is 31.7 Å². The van der Waals surface area contributed by atoms with Gasteiger partial charge >= 0.3 is 6.36 Å². The molecule has 200 valence electrons. The predicted molar refractivity (Wildman–Crippen MR) is 128 cm³/mol. The second kappa shape index (κ2) is 9.69. The van der Waals surface area contributed by atoms with Crippen molar-refractivity contribution in [3.05, 3.63) is 59.1 Å². The van der Waals surface area contributed by atoms with Crippen LogP contribution in [0.5, 0.6) is 5.75 Å². The fourth-order valence-corrected chi connectivity index (χ4v) is 4.17. The van der Waals surface area contributed by atoms with Gasteiger partial charge in [0.2, 0.25) is 0 Å². The molecule has 2 amide bonds. The van der Waals surface area contributed by atoms with Gasteiger partial charge in [0.1, 0.15) is 17.3 Å². The number of nitrogens with one attached hydrogen (secondary N) is 1. The molecule has 1 atom stereocenters. The molecule has 10 nitrogen and oxygen atoms in total. The average Bonchev–Trinajstić information content (AvgIpc) is 3.79. The molecule has 0 bridgehead atoms. The van der Waals surface area contributed by atoms with Crippen LogP contribution in [0, 0.1) is 6.92 Å². The third-order valence-corrected chi connectivity index (χ3v) is 6.44. The molecule has 13 heteroatoms. The van der Waals surface area contributed by atoms with Crippen LogP contribution in [0.2, 0.25) is 0 Å². The Balaban J connectivity index is 1.35. The summed E-state index contributed by atoms with van der Waals surface area (Å²) in [6.45, 7) is 3.34. The summed E-state index contributed by atoms with van der Waals surface area (Å²) in [4.78, 5) is 40.2. The standard InChI is InChI=1S/C25H26F3N7O3/c1-13(31-23(36)17-8-16(15-4-5-15)9-19(10-17)38-25(26,27)28)22-32-14(2)33-35(22)21-12-29-20(11-30-21)24(37)34(3)18-6-7-18/h8-13,15,18H,4-7H2,1-3H3,(H,31,36). The summed E-state index contributed by atoms with van der Waals surface area (Å²) in [7, 11) is 1.73. The van der Waals surface area contributed by atoms with Crippen LogP contribution >= 0.6 is 0 Å². The van der Waals surface area contributed by atoms with Crippen molar-refractivity contribution in [1.29, 1.82) is 0 Å². The van der Waals surface area contributed by atoms with Crippen LogP contribution in [0.15, 0.2) is 30.6 Å². The van der Waals surface area contributed by atoms with Gasteiger partial charge in [0.05, 0.1) is 18.4 Å². The molecule has 2 aliphatic rings. The number of aryl methyl sites for hydroxylation is 1. The summed E-state index contributed by atoms with van der Waals surface area (Å²) in [6, 6.07) is 3.51. The zero-order valence-corrected chi connectivity index (χ0v) is 21.0. The normalized spacial score (nSPS) is 16.2. The van der Waals surface area contributed by atoms with Gasteiger partial charge in [-0.3, -0.25) is 9.59 Å². The first-order chi connectivity index (χ1) is 18.0. The summed E-state index contributed by atoms with van der Waals surface area (Å²) in [5.74, 6) is -0.0877. The molecule has 0 saturated heterocycles. The Morgan fingerprint density at radius 2 is 1.87 bits per heavy atom. The monoisotopic (exact) mass is 529 g/mol. The number of alkyl halides is 3. The summed E-state index contributed by atoms with van der Waals surface area (Å²) in [6.07, 6.45) is 1.54. The van der Waals surface area contributed by atoms with Crippen molar-refractivity contribution >= 4 is 11.8 Å². The number of hydrogen-bond donors (Lipinski definition) is 1. The molecule has 38 heavy (non-hydrogen) atoms. The van der Waals surface area contributed by atoms with Crippen molar-refractivity contribution in [2.75, 3.05) is 7.05 Å². The van der Waals surface area contributed by atoms with E-state index in [0.29, 0.717) is 23.0 Å². The molecule has 2 heterocycles. The first kappa shape index (κ1) is 25.6. The molecular weight excluding hydrogens is 503 g/mol. The Morgan fingerprint density at radius 1 is 1.13 bits per heavy atom. The van der Waals surface area contributed by atoms with Crippen LogP contribution in [-0.2, 0) is 0 Å². The van der Waals surface area contributed by atoms with Crippen molar-refractivity contribution in [1.82, 2.24) is 34.9 Å². The molecule has 1 aromatic carbocycles. The lowest BCUT2D eigenvalue weighted by Crippen LogP contribution is -2.30. The fourth-order valence-electron chi connectivity index (χ4n) is 4.17. The first-order valence-electron chi connectivity index (χ1n) is 12.2. The molecular formula is C25H26F3N7O3. The number of hydrogen-bond acceptors (Lipinski definition) is 7. The minimum Gasteiger partial charge on any atom is -0.406 e. The summed E-state index contributed by atoms with van der Waals surface area (Å²) in [5, 5.41) is 7.11. The Morgan fingerprint density at radius 3 is 2.47 bits per heavy atom. The van der Waals surface area contributed by atoms with Crippen molar-refractivity contribution in [2.24, 2.45) is 0 Å². The highest BCUT2D eigenvalue weighted by atomic mass is 19.4. The van der Waals surface area contributed by atoms with E-state index < -0.39 is 24.1 Å². The van der Waals surface area contributed by atoms with E-state index in [2.05, 4.69) is 30.1 Å². The molecule has 3 aromatic rings. The lowest BCUT2D eigenvalue weighted by atomic mass is 10.1. The Kier molecular flexibility index (Phi) is 6.53. The summed E-state index contributed by atoms with van der Waals surface area (Å²) >= 11 is 0. The topological polar surface area (TPSA) is 115 Å². The maximum Gasteiger partial charge on any atom is 0.573 e. The van der Waals surface area contributed by atoms with Gasteiger partial charge < -0.3 is 15.0 Å². The van der Waals surface area contributed by atoms with E-state index in [1.165, 1.54) is 23.1 Å². The SMILES string of the molecule is Cc1nc(C(C)NC(=O)c2cc(OC(F)(F)F)cc(C3CC3)c2)n(-c2cnc(C(=O)N(C)C3CC3)cn2)n1. The Labute approximate surface area is 216 Å². The quantitative estimate of drug-likeness (QED) is 0.471. The summed E-state index contributed by atoms with van der Waals surface area (Å²) in [5.41, 5.74) is 0.877. The number of nitrogens with zero attached hydrogens (tertiary/aromatic N) is 6. The molecule has 5 rings (SSSR count). The lowest BCUT2D eigenvalue weighted by molar-refractivity contribution is -0.274. The number of ether oxygens (including phenoxy) is 1. The summed E-state index contributed by atoms with van der Waals surface area (Å²) < 4.78 is 44.0. The predicted octanol–water partition coefficient (Wildman–Crippen LogP) is 3.87. The van der Waals surface area contributed by atoms with E-state index in [1.807, 2.05) is 0 Å². The molecule has 0 spiro atoms. The number of aromatic nitrogens is 5. The number of halogens is 3. The zero-order chi connectivity index (χ0) is 27.2. The van der Waals surface area contributed by atoms with Crippen LogP contribution in [0.4, 0.5) is 13.2 Å². The van der Waals surface area contributed by atoms with Gasteiger partial charge in [0, 0.05) is 18.7 Å². The molecule has 2 fully saturated rings. The highest BCUT2D eigenvalue weighted by molar-refractivity contribution is 5.95. The third-order valence-electron chi connectivity index (χ3n) is 6.44. The largest absolute Gasteiger partial charge is 0.573 e. The Hall–Kier alpha value is -4.03. The number of amides is 2. The van der Waals surface area contributed by atoms with Crippen LogP contribution in [0.25, 0.3) is 5.82 Å². The van der Waals surface area contributed by atoms with Gasteiger partial charge in [0.15, 0.2) is 11.6 Å². The zero-order valence-electron chi connectivity index (χ0n) is 21.0. The molecule has 2 aliphatic carbocycles. The van der Waals surface area contributed by atoms with Crippen LogP contribution in [0.3, 0.4) is 0 Å². The van der Waals surface area contributed by atoms with E-state index in [9.17, 15) is 22.8 Å². The number of carbonyl (C=O) groups is 2. The smallest absolute Gasteiger partial charge is 0.406 e. The minimum absolute atomic E-state index is 0.0470. The van der Waals surface area contributed by atoms with Crippen LogP contribution < -0.4 is 10.1 Å². The van der Waals surface area contributed by atoms with Gasteiger partial charge in [0.25, 0.3) is 11.8 Å².